The predicted molar refractivity (Wildman–Crippen MR) is 133 cm³/mol. The van der Waals surface area contributed by atoms with E-state index in [0.717, 1.165) is 28.1 Å². The number of nitrogens with one attached hydrogen (secondary N) is 1. The van der Waals surface area contributed by atoms with Gasteiger partial charge in [-0.2, -0.15) is 0 Å². The van der Waals surface area contributed by atoms with Crippen molar-refractivity contribution in [2.45, 2.75) is 39.5 Å². The van der Waals surface area contributed by atoms with Crippen LogP contribution < -0.4 is 15.0 Å². The number of amides is 4. The third kappa shape index (κ3) is 5.09. The molecule has 1 aliphatic heterocycles. The molecule has 1 saturated heterocycles. The van der Waals surface area contributed by atoms with Gasteiger partial charge in [0.2, 0.25) is 5.91 Å². The van der Waals surface area contributed by atoms with E-state index in [1.165, 1.54) is 0 Å². The van der Waals surface area contributed by atoms with Crippen LogP contribution in [-0.4, -0.2) is 29.4 Å². The standard InChI is InChI=1S/C28H29N3O4/c1-3-20-8-12-23(13-9-20)31-26(33)28(25(32)30-27(31)34,17-16-22-7-5-6-18-29-22)19-21-10-14-24(15-11-21)35-4-2/h5-15,18H,3-4,16-17,19H2,1-2H3,(H,30,32,34)/t28-/m1/s1. The molecule has 0 saturated carbocycles. The van der Waals surface area contributed by atoms with Crippen LogP contribution >= 0.6 is 0 Å². The maximum atomic E-state index is 14.0. The van der Waals surface area contributed by atoms with Crippen molar-refractivity contribution in [1.29, 1.82) is 0 Å². The highest BCUT2D eigenvalue weighted by Crippen LogP contribution is 2.37. The highest BCUT2D eigenvalue weighted by atomic mass is 16.5. The first-order valence-corrected chi connectivity index (χ1v) is 11.9. The van der Waals surface area contributed by atoms with Crippen LogP contribution in [-0.2, 0) is 28.9 Å². The van der Waals surface area contributed by atoms with Gasteiger partial charge in [-0.25, -0.2) is 9.69 Å². The predicted octanol–water partition coefficient (Wildman–Crippen LogP) is 4.49. The highest BCUT2D eigenvalue weighted by Gasteiger charge is 2.54. The Bertz CT molecular complexity index is 1190. The van der Waals surface area contributed by atoms with Gasteiger partial charge in [-0.3, -0.25) is 19.9 Å². The summed E-state index contributed by atoms with van der Waals surface area (Å²) in [6.07, 6.45) is 3.28. The first kappa shape index (κ1) is 24.1. The van der Waals surface area contributed by atoms with E-state index in [1.54, 1.807) is 18.3 Å². The Labute approximate surface area is 205 Å². The Balaban J connectivity index is 1.71. The molecule has 1 aromatic heterocycles. The first-order valence-electron chi connectivity index (χ1n) is 11.9. The second kappa shape index (κ2) is 10.5. The molecule has 35 heavy (non-hydrogen) atoms. The van der Waals surface area contributed by atoms with Crippen LogP contribution in [0, 0.1) is 5.41 Å². The Hall–Kier alpha value is -4.00. The molecular formula is C28H29N3O4. The van der Waals surface area contributed by atoms with Crippen molar-refractivity contribution >= 4 is 23.5 Å². The van der Waals surface area contributed by atoms with Crippen LogP contribution in [0.1, 0.15) is 37.1 Å². The van der Waals surface area contributed by atoms with Crippen LogP contribution in [0.2, 0.25) is 0 Å². The number of benzene rings is 2. The minimum atomic E-state index is -1.47. The van der Waals surface area contributed by atoms with E-state index in [4.69, 9.17) is 4.74 Å². The molecule has 7 heteroatoms. The maximum Gasteiger partial charge on any atom is 0.335 e. The summed E-state index contributed by atoms with van der Waals surface area (Å²) >= 11 is 0. The van der Waals surface area contributed by atoms with Crippen molar-refractivity contribution < 1.29 is 19.1 Å². The summed E-state index contributed by atoms with van der Waals surface area (Å²) in [5.41, 5.74) is 1.63. The van der Waals surface area contributed by atoms with Gasteiger partial charge < -0.3 is 4.74 Å². The number of carbonyl (C=O) groups is 3. The number of hydrogen-bond acceptors (Lipinski definition) is 5. The number of ether oxygens (including phenoxy) is 1. The average Bonchev–Trinajstić information content (AvgIpc) is 2.88. The third-order valence-electron chi connectivity index (χ3n) is 6.35. The van der Waals surface area contributed by atoms with E-state index < -0.39 is 23.3 Å². The molecule has 2 heterocycles. The van der Waals surface area contributed by atoms with Crippen molar-refractivity contribution in [3.63, 3.8) is 0 Å². The van der Waals surface area contributed by atoms with Gasteiger partial charge in [-0.1, -0.05) is 37.3 Å². The molecular weight excluding hydrogens is 442 g/mol. The molecule has 7 nitrogen and oxygen atoms in total. The molecule has 4 amide bonds. The van der Waals surface area contributed by atoms with Crippen molar-refractivity contribution in [1.82, 2.24) is 10.3 Å². The molecule has 1 atom stereocenters. The monoisotopic (exact) mass is 471 g/mol. The van der Waals surface area contributed by atoms with Crippen molar-refractivity contribution in [2.75, 3.05) is 11.5 Å². The summed E-state index contributed by atoms with van der Waals surface area (Å²) < 4.78 is 5.52. The van der Waals surface area contributed by atoms with E-state index in [0.29, 0.717) is 24.5 Å². The molecule has 1 fully saturated rings. The van der Waals surface area contributed by atoms with Crippen molar-refractivity contribution in [3.05, 3.63) is 89.7 Å². The second-order valence-corrected chi connectivity index (χ2v) is 8.58. The fraction of sp³-hybridized carbons (Fsp3) is 0.286. The maximum absolute atomic E-state index is 14.0. The number of urea groups is 1. The first-order chi connectivity index (χ1) is 17.0. The molecule has 0 spiro atoms. The molecule has 2 aromatic carbocycles. The van der Waals surface area contributed by atoms with Gasteiger partial charge in [0.1, 0.15) is 11.2 Å². The summed E-state index contributed by atoms with van der Waals surface area (Å²) in [5, 5.41) is 2.45. The number of aromatic nitrogens is 1. The lowest BCUT2D eigenvalue weighted by Gasteiger charge is -2.39. The number of nitrogens with zero attached hydrogens (tertiary/aromatic N) is 2. The van der Waals surface area contributed by atoms with E-state index in [1.807, 2.05) is 68.4 Å². The summed E-state index contributed by atoms with van der Waals surface area (Å²) in [7, 11) is 0. The molecule has 0 bridgehead atoms. The van der Waals surface area contributed by atoms with Crippen LogP contribution in [0.4, 0.5) is 10.5 Å². The fourth-order valence-corrected chi connectivity index (χ4v) is 4.36. The summed E-state index contributed by atoms with van der Waals surface area (Å²) in [6.45, 7) is 4.48. The smallest absolute Gasteiger partial charge is 0.335 e. The number of imide groups is 2. The highest BCUT2D eigenvalue weighted by molar-refractivity contribution is 6.30. The fourth-order valence-electron chi connectivity index (χ4n) is 4.36. The molecule has 4 rings (SSSR count). The molecule has 3 aromatic rings. The minimum Gasteiger partial charge on any atom is -0.494 e. The SMILES string of the molecule is CCOc1ccc(C[C@]2(CCc3ccccn3)C(=O)NC(=O)N(c3ccc(CC)cc3)C2=O)cc1. The average molecular weight is 472 g/mol. The van der Waals surface area contributed by atoms with Gasteiger partial charge in [0.25, 0.3) is 5.91 Å². The lowest BCUT2D eigenvalue weighted by Crippen LogP contribution is -2.65. The van der Waals surface area contributed by atoms with Gasteiger partial charge in [0, 0.05) is 11.9 Å². The summed E-state index contributed by atoms with van der Waals surface area (Å²) in [5.74, 6) is -0.398. The second-order valence-electron chi connectivity index (χ2n) is 8.58. The zero-order valence-corrected chi connectivity index (χ0v) is 20.0. The number of anilines is 1. The summed E-state index contributed by atoms with van der Waals surface area (Å²) in [4.78, 5) is 45.7. The lowest BCUT2D eigenvalue weighted by atomic mass is 9.74. The number of rotatable bonds is 9. The zero-order valence-electron chi connectivity index (χ0n) is 20.0. The van der Waals surface area contributed by atoms with E-state index in [9.17, 15) is 14.4 Å². The molecule has 0 unspecified atom stereocenters. The van der Waals surface area contributed by atoms with Crippen molar-refractivity contribution in [3.8, 4) is 5.75 Å². The van der Waals surface area contributed by atoms with E-state index in [2.05, 4.69) is 10.3 Å². The van der Waals surface area contributed by atoms with Crippen LogP contribution in [0.25, 0.3) is 0 Å². The molecule has 0 radical (unpaired) electrons. The minimum absolute atomic E-state index is 0.147. The molecule has 1 N–H and O–H groups in total. The van der Waals surface area contributed by atoms with E-state index >= 15 is 0 Å². The van der Waals surface area contributed by atoms with Gasteiger partial charge in [-0.05, 0) is 80.1 Å². The quantitative estimate of drug-likeness (QED) is 0.465. The Morgan fingerprint density at radius 1 is 0.914 bits per heavy atom. The molecule has 180 valence electrons. The van der Waals surface area contributed by atoms with Crippen LogP contribution in [0.5, 0.6) is 5.75 Å². The third-order valence-corrected chi connectivity index (χ3v) is 6.35. The van der Waals surface area contributed by atoms with E-state index in [-0.39, 0.29) is 12.8 Å². The normalized spacial score (nSPS) is 17.9. The van der Waals surface area contributed by atoms with Crippen LogP contribution in [0.15, 0.2) is 72.9 Å². The Morgan fingerprint density at radius 3 is 2.26 bits per heavy atom. The largest absolute Gasteiger partial charge is 0.494 e. The molecule has 1 aliphatic rings. The number of barbiturate groups is 1. The van der Waals surface area contributed by atoms with Crippen LogP contribution in [0.3, 0.4) is 0 Å². The topological polar surface area (TPSA) is 88.6 Å². The van der Waals surface area contributed by atoms with Gasteiger partial charge in [-0.15, -0.1) is 0 Å². The number of carbonyl (C=O) groups excluding carboxylic acids is 3. The zero-order chi connectivity index (χ0) is 24.8. The van der Waals surface area contributed by atoms with Gasteiger partial charge in [0.15, 0.2) is 0 Å². The number of pyridine rings is 1. The number of aryl methyl sites for hydroxylation is 2. The van der Waals surface area contributed by atoms with Gasteiger partial charge >= 0.3 is 6.03 Å². The summed E-state index contributed by atoms with van der Waals surface area (Å²) in [6, 6.07) is 19.4. The molecule has 0 aliphatic carbocycles. The van der Waals surface area contributed by atoms with Crippen molar-refractivity contribution in [2.24, 2.45) is 5.41 Å². The number of hydrogen-bond donors (Lipinski definition) is 1. The Kier molecular flexibility index (Phi) is 7.25. The van der Waals surface area contributed by atoms with Gasteiger partial charge in [0.05, 0.1) is 12.3 Å². The lowest BCUT2D eigenvalue weighted by molar-refractivity contribution is -0.143. The Morgan fingerprint density at radius 2 is 1.63 bits per heavy atom.